The topological polar surface area (TPSA) is 69.6 Å². The molecule has 5 heteroatoms. The number of amides is 2. The lowest BCUT2D eigenvalue weighted by Gasteiger charge is -2.16. The summed E-state index contributed by atoms with van der Waals surface area (Å²) in [5.41, 5.74) is 0. The summed E-state index contributed by atoms with van der Waals surface area (Å²) in [6, 6.07) is 0. The maximum Gasteiger partial charge on any atom is 0.222 e. The molecule has 88 valence electrons. The summed E-state index contributed by atoms with van der Waals surface area (Å²) in [5, 5.41) is 11.5. The first-order chi connectivity index (χ1) is 6.97. The SMILES string of the molecule is CNC(=O)CCN(C)C(=O)CCC(C)O. The van der Waals surface area contributed by atoms with E-state index in [1.54, 1.807) is 21.0 Å². The zero-order valence-corrected chi connectivity index (χ0v) is 9.62. The minimum absolute atomic E-state index is 0.0418. The van der Waals surface area contributed by atoms with Gasteiger partial charge in [-0.2, -0.15) is 0 Å². The normalized spacial score (nSPS) is 12.0. The molecule has 0 radical (unpaired) electrons. The van der Waals surface area contributed by atoms with Gasteiger partial charge in [0.2, 0.25) is 11.8 Å². The van der Waals surface area contributed by atoms with Crippen molar-refractivity contribution in [3.63, 3.8) is 0 Å². The van der Waals surface area contributed by atoms with Gasteiger partial charge in [-0.15, -0.1) is 0 Å². The molecule has 2 amide bonds. The van der Waals surface area contributed by atoms with Crippen molar-refractivity contribution in [2.75, 3.05) is 20.6 Å². The number of rotatable bonds is 6. The largest absolute Gasteiger partial charge is 0.393 e. The predicted octanol–water partition coefficient (Wildman–Crippen LogP) is -0.258. The monoisotopic (exact) mass is 216 g/mol. The fourth-order valence-electron chi connectivity index (χ4n) is 1.04. The fraction of sp³-hybridized carbons (Fsp3) is 0.800. The number of nitrogens with one attached hydrogen (secondary N) is 1. The number of carbonyl (C=O) groups excluding carboxylic acids is 2. The van der Waals surface area contributed by atoms with E-state index in [0.717, 1.165) is 0 Å². The van der Waals surface area contributed by atoms with Gasteiger partial charge in [0.05, 0.1) is 6.10 Å². The standard InChI is InChI=1S/C10H20N2O3/c1-8(13)4-5-10(15)12(3)7-6-9(14)11-2/h8,13H,4-7H2,1-3H3,(H,11,14). The van der Waals surface area contributed by atoms with E-state index in [2.05, 4.69) is 5.32 Å². The van der Waals surface area contributed by atoms with Crippen LogP contribution >= 0.6 is 0 Å². The Morgan fingerprint density at radius 1 is 1.40 bits per heavy atom. The molecule has 0 bridgehead atoms. The highest BCUT2D eigenvalue weighted by atomic mass is 16.3. The van der Waals surface area contributed by atoms with Crippen LogP contribution in [0.25, 0.3) is 0 Å². The highest BCUT2D eigenvalue weighted by molar-refractivity contribution is 5.78. The van der Waals surface area contributed by atoms with Gasteiger partial charge >= 0.3 is 0 Å². The zero-order chi connectivity index (χ0) is 11.8. The number of hydrogen-bond acceptors (Lipinski definition) is 3. The van der Waals surface area contributed by atoms with Gasteiger partial charge < -0.3 is 15.3 Å². The third-order valence-electron chi connectivity index (χ3n) is 2.15. The van der Waals surface area contributed by atoms with Crippen LogP contribution < -0.4 is 5.32 Å². The van der Waals surface area contributed by atoms with Gasteiger partial charge in [-0.3, -0.25) is 9.59 Å². The molecule has 0 aromatic heterocycles. The van der Waals surface area contributed by atoms with Crippen molar-refractivity contribution in [2.24, 2.45) is 0 Å². The first kappa shape index (κ1) is 13.9. The summed E-state index contributed by atoms with van der Waals surface area (Å²) >= 11 is 0. The zero-order valence-electron chi connectivity index (χ0n) is 9.62. The van der Waals surface area contributed by atoms with Crippen molar-refractivity contribution in [2.45, 2.75) is 32.3 Å². The van der Waals surface area contributed by atoms with Gasteiger partial charge in [0, 0.05) is 33.5 Å². The van der Waals surface area contributed by atoms with Gasteiger partial charge in [-0.25, -0.2) is 0 Å². The van der Waals surface area contributed by atoms with Gasteiger partial charge in [-0.05, 0) is 13.3 Å². The molecule has 0 spiro atoms. The van der Waals surface area contributed by atoms with Crippen LogP contribution in [0.15, 0.2) is 0 Å². The van der Waals surface area contributed by atoms with Crippen LogP contribution in [0.2, 0.25) is 0 Å². The molecule has 0 saturated heterocycles. The second-order valence-corrected chi connectivity index (χ2v) is 3.63. The van der Waals surface area contributed by atoms with Crippen molar-refractivity contribution in [1.29, 1.82) is 0 Å². The first-order valence-electron chi connectivity index (χ1n) is 5.10. The third kappa shape index (κ3) is 6.90. The first-order valence-corrected chi connectivity index (χ1v) is 5.10. The van der Waals surface area contributed by atoms with Crippen LogP contribution in [-0.2, 0) is 9.59 Å². The molecule has 0 heterocycles. The van der Waals surface area contributed by atoms with Crippen molar-refractivity contribution >= 4 is 11.8 Å². The number of aliphatic hydroxyl groups excluding tert-OH is 1. The van der Waals surface area contributed by atoms with Crippen LogP contribution in [-0.4, -0.2) is 48.6 Å². The predicted molar refractivity (Wildman–Crippen MR) is 57.2 cm³/mol. The fourth-order valence-corrected chi connectivity index (χ4v) is 1.04. The Labute approximate surface area is 90.5 Å². The highest BCUT2D eigenvalue weighted by Crippen LogP contribution is 2.00. The van der Waals surface area contributed by atoms with E-state index in [9.17, 15) is 9.59 Å². The van der Waals surface area contributed by atoms with Crippen LogP contribution in [0.3, 0.4) is 0 Å². The van der Waals surface area contributed by atoms with Gasteiger partial charge in [-0.1, -0.05) is 0 Å². The van der Waals surface area contributed by atoms with Crippen molar-refractivity contribution in [1.82, 2.24) is 10.2 Å². The lowest BCUT2D eigenvalue weighted by atomic mass is 10.2. The molecule has 1 unspecified atom stereocenters. The smallest absolute Gasteiger partial charge is 0.222 e. The summed E-state index contributed by atoms with van der Waals surface area (Å²) in [7, 11) is 3.23. The summed E-state index contributed by atoms with van der Waals surface area (Å²) in [6.07, 6.45) is 0.639. The number of carbonyl (C=O) groups is 2. The highest BCUT2D eigenvalue weighted by Gasteiger charge is 2.10. The molecule has 0 aromatic carbocycles. The molecule has 0 aliphatic rings. The maximum atomic E-state index is 11.4. The Hall–Kier alpha value is -1.10. The second-order valence-electron chi connectivity index (χ2n) is 3.63. The van der Waals surface area contributed by atoms with Crippen LogP contribution in [0.5, 0.6) is 0 Å². The van der Waals surface area contributed by atoms with E-state index in [4.69, 9.17) is 5.11 Å². The van der Waals surface area contributed by atoms with E-state index in [-0.39, 0.29) is 11.8 Å². The molecule has 0 fully saturated rings. The average Bonchev–Trinajstić information content (AvgIpc) is 2.21. The molecule has 0 aliphatic heterocycles. The van der Waals surface area contributed by atoms with Gasteiger partial charge in [0.25, 0.3) is 0 Å². The molecule has 0 saturated carbocycles. The maximum absolute atomic E-state index is 11.4. The van der Waals surface area contributed by atoms with Crippen LogP contribution in [0, 0.1) is 0 Å². The summed E-state index contributed by atoms with van der Waals surface area (Å²) in [4.78, 5) is 23.9. The van der Waals surface area contributed by atoms with Crippen LogP contribution in [0.1, 0.15) is 26.2 Å². The molecular formula is C10H20N2O3. The Kier molecular flexibility index (Phi) is 6.70. The van der Waals surface area contributed by atoms with E-state index in [1.807, 2.05) is 0 Å². The Balaban J connectivity index is 3.74. The van der Waals surface area contributed by atoms with E-state index in [0.29, 0.717) is 25.8 Å². The average molecular weight is 216 g/mol. The van der Waals surface area contributed by atoms with Crippen molar-refractivity contribution < 1.29 is 14.7 Å². The van der Waals surface area contributed by atoms with E-state index >= 15 is 0 Å². The molecule has 0 rings (SSSR count). The lowest BCUT2D eigenvalue weighted by molar-refractivity contribution is -0.131. The van der Waals surface area contributed by atoms with Crippen LogP contribution in [0.4, 0.5) is 0 Å². The summed E-state index contributed by atoms with van der Waals surface area (Å²) < 4.78 is 0. The molecular weight excluding hydrogens is 196 g/mol. The molecule has 1 atom stereocenters. The van der Waals surface area contributed by atoms with E-state index in [1.165, 1.54) is 4.90 Å². The van der Waals surface area contributed by atoms with E-state index < -0.39 is 6.10 Å². The molecule has 0 aliphatic carbocycles. The summed E-state index contributed by atoms with van der Waals surface area (Å²) in [6.45, 7) is 2.07. The number of aliphatic hydroxyl groups is 1. The number of hydrogen-bond donors (Lipinski definition) is 2. The van der Waals surface area contributed by atoms with Crippen molar-refractivity contribution in [3.8, 4) is 0 Å². The summed E-state index contributed by atoms with van der Waals surface area (Å²) in [5.74, 6) is -0.120. The molecule has 2 N–H and O–H groups in total. The molecule has 5 nitrogen and oxygen atoms in total. The third-order valence-corrected chi connectivity index (χ3v) is 2.15. The second kappa shape index (κ2) is 7.23. The number of nitrogens with zero attached hydrogens (tertiary/aromatic N) is 1. The van der Waals surface area contributed by atoms with Gasteiger partial charge in [0.1, 0.15) is 0 Å². The minimum Gasteiger partial charge on any atom is -0.393 e. The lowest BCUT2D eigenvalue weighted by Crippen LogP contribution is -2.31. The van der Waals surface area contributed by atoms with Crippen molar-refractivity contribution in [3.05, 3.63) is 0 Å². The minimum atomic E-state index is -0.457. The Bertz CT molecular complexity index is 217. The Morgan fingerprint density at radius 2 is 2.00 bits per heavy atom. The molecule has 15 heavy (non-hydrogen) atoms. The Morgan fingerprint density at radius 3 is 2.47 bits per heavy atom. The molecule has 0 aromatic rings. The quantitative estimate of drug-likeness (QED) is 0.643. The van der Waals surface area contributed by atoms with Gasteiger partial charge in [0.15, 0.2) is 0 Å².